The Morgan fingerprint density at radius 1 is 1.27 bits per heavy atom. The quantitative estimate of drug-likeness (QED) is 0.816. The largest absolute Gasteiger partial charge is 0.508 e. The molecule has 26 heavy (non-hydrogen) atoms. The van der Waals surface area contributed by atoms with E-state index in [1.165, 1.54) is 12.1 Å². The van der Waals surface area contributed by atoms with Gasteiger partial charge in [-0.3, -0.25) is 0 Å². The van der Waals surface area contributed by atoms with Crippen molar-refractivity contribution < 1.29 is 5.11 Å². The molecule has 0 aliphatic carbocycles. The van der Waals surface area contributed by atoms with Crippen LogP contribution in [0.15, 0.2) is 29.4 Å². The van der Waals surface area contributed by atoms with Crippen molar-refractivity contribution in [3.8, 4) is 11.8 Å². The van der Waals surface area contributed by atoms with Crippen LogP contribution in [0.5, 0.6) is 5.75 Å². The topological polar surface area (TPSA) is 124 Å². The molecule has 0 bridgehead atoms. The van der Waals surface area contributed by atoms with Crippen molar-refractivity contribution in [2.45, 2.75) is 32.7 Å². The van der Waals surface area contributed by atoms with Gasteiger partial charge in [0.2, 0.25) is 5.95 Å². The van der Waals surface area contributed by atoms with Crippen LogP contribution in [0.4, 0.5) is 11.9 Å². The highest BCUT2D eigenvalue weighted by atomic mass is 16.3. The molecule has 8 heteroatoms. The summed E-state index contributed by atoms with van der Waals surface area (Å²) in [4.78, 5) is 12.7. The number of nitriles is 1. The van der Waals surface area contributed by atoms with Crippen LogP contribution < -0.4 is 10.7 Å². The fourth-order valence-corrected chi connectivity index (χ4v) is 2.84. The minimum Gasteiger partial charge on any atom is -0.508 e. The Balaban J connectivity index is 2.04. The van der Waals surface area contributed by atoms with Gasteiger partial charge in [-0.25, -0.2) is 5.01 Å². The molecule has 0 unspecified atom stereocenters. The van der Waals surface area contributed by atoms with Gasteiger partial charge in [0, 0.05) is 12.1 Å². The maximum absolute atomic E-state index is 9.54. The summed E-state index contributed by atoms with van der Waals surface area (Å²) in [6, 6.07) is 8.55. The first kappa shape index (κ1) is 17.4. The van der Waals surface area contributed by atoms with Crippen molar-refractivity contribution in [1.82, 2.24) is 15.0 Å². The number of benzene rings is 1. The Labute approximate surface area is 151 Å². The van der Waals surface area contributed by atoms with E-state index >= 15 is 0 Å². The Morgan fingerprint density at radius 3 is 2.54 bits per heavy atom. The molecule has 2 aromatic rings. The van der Waals surface area contributed by atoms with Gasteiger partial charge in [-0.05, 0) is 44.5 Å². The Hall–Kier alpha value is -3.47. The molecular weight excluding hydrogens is 330 g/mol. The van der Waals surface area contributed by atoms with Crippen molar-refractivity contribution in [2.24, 2.45) is 5.10 Å². The van der Waals surface area contributed by atoms with Crippen LogP contribution in [0.3, 0.4) is 0 Å². The van der Waals surface area contributed by atoms with Gasteiger partial charge in [-0.2, -0.15) is 25.3 Å². The number of hydrogen-bond acceptors (Lipinski definition) is 8. The average molecular weight is 349 g/mol. The minimum absolute atomic E-state index is 0.0207. The van der Waals surface area contributed by atoms with Gasteiger partial charge >= 0.3 is 0 Å². The van der Waals surface area contributed by atoms with E-state index in [0.717, 1.165) is 17.7 Å². The zero-order valence-corrected chi connectivity index (χ0v) is 14.8. The average Bonchev–Trinajstić information content (AvgIpc) is 2.86. The highest BCUT2D eigenvalue weighted by Gasteiger charge is 2.35. The van der Waals surface area contributed by atoms with Crippen molar-refractivity contribution >= 4 is 29.3 Å². The number of anilines is 2. The zero-order chi connectivity index (χ0) is 18.9. The van der Waals surface area contributed by atoms with Gasteiger partial charge in [0.25, 0.3) is 5.95 Å². The van der Waals surface area contributed by atoms with Gasteiger partial charge in [-0.1, -0.05) is 12.1 Å². The molecule has 1 aliphatic rings. The Kier molecular flexibility index (Phi) is 4.30. The number of hydrazone groups is 1. The highest BCUT2D eigenvalue weighted by Crippen LogP contribution is 2.31. The van der Waals surface area contributed by atoms with Crippen LogP contribution in [0.2, 0.25) is 0 Å². The molecule has 2 heterocycles. The predicted molar refractivity (Wildman–Crippen MR) is 100 cm³/mol. The van der Waals surface area contributed by atoms with Crippen LogP contribution in [-0.4, -0.2) is 31.3 Å². The van der Waals surface area contributed by atoms with E-state index in [0.29, 0.717) is 5.95 Å². The fourth-order valence-electron chi connectivity index (χ4n) is 2.84. The van der Waals surface area contributed by atoms with E-state index in [1.807, 2.05) is 20.8 Å². The lowest BCUT2D eigenvalue weighted by molar-refractivity contribution is 0.475. The lowest BCUT2D eigenvalue weighted by Gasteiger charge is -2.28. The lowest BCUT2D eigenvalue weighted by Crippen LogP contribution is -2.37. The number of aromatic hydroxyl groups is 1. The van der Waals surface area contributed by atoms with Crippen LogP contribution in [0.1, 0.15) is 38.6 Å². The second kappa shape index (κ2) is 6.44. The summed E-state index contributed by atoms with van der Waals surface area (Å²) >= 11 is 0. The van der Waals surface area contributed by atoms with Crippen LogP contribution in [0.25, 0.3) is 11.6 Å². The van der Waals surface area contributed by atoms with E-state index < -0.39 is 0 Å². The summed E-state index contributed by atoms with van der Waals surface area (Å²) in [5.74, 6) is 0.657. The standard InChI is InChI=1S/C18H19N7O/c1-11-9-18(2,3)25(24-11)17-22-15(21-16(20)23-17)13(10-19)8-12-4-6-14(26)7-5-12/h4-8,26H,9H2,1-3H3,(H2,20,21,22,23)/b13-8-. The molecule has 0 radical (unpaired) electrons. The van der Waals surface area contributed by atoms with Gasteiger partial charge in [0.1, 0.15) is 11.8 Å². The summed E-state index contributed by atoms with van der Waals surface area (Å²) in [5, 5.41) is 25.1. The van der Waals surface area contributed by atoms with Crippen molar-refractivity contribution in [3.63, 3.8) is 0 Å². The van der Waals surface area contributed by atoms with Gasteiger partial charge in [-0.15, -0.1) is 0 Å². The summed E-state index contributed by atoms with van der Waals surface area (Å²) in [7, 11) is 0. The molecule has 0 amide bonds. The molecule has 0 atom stereocenters. The number of aromatic nitrogens is 3. The van der Waals surface area contributed by atoms with Crippen LogP contribution >= 0.6 is 0 Å². The predicted octanol–water partition coefficient (Wildman–Crippen LogP) is 2.59. The third-order valence-electron chi connectivity index (χ3n) is 3.93. The molecule has 0 saturated heterocycles. The van der Waals surface area contributed by atoms with E-state index in [-0.39, 0.29) is 28.6 Å². The molecule has 0 saturated carbocycles. The maximum atomic E-state index is 9.54. The van der Waals surface area contributed by atoms with Crippen molar-refractivity contribution in [3.05, 3.63) is 35.7 Å². The SMILES string of the molecule is CC1=NN(c2nc(N)nc(/C(C#N)=C\c3ccc(O)cc3)n2)C(C)(C)C1. The summed E-state index contributed by atoms with van der Waals surface area (Å²) in [6.45, 7) is 6.01. The van der Waals surface area contributed by atoms with Crippen molar-refractivity contribution in [1.29, 1.82) is 5.26 Å². The van der Waals surface area contributed by atoms with Gasteiger partial charge < -0.3 is 10.8 Å². The molecule has 132 valence electrons. The maximum Gasteiger partial charge on any atom is 0.252 e. The van der Waals surface area contributed by atoms with Crippen LogP contribution in [-0.2, 0) is 0 Å². The number of allylic oxidation sites excluding steroid dienone is 1. The van der Waals surface area contributed by atoms with Crippen LogP contribution in [0, 0.1) is 11.3 Å². The molecule has 8 nitrogen and oxygen atoms in total. The van der Waals surface area contributed by atoms with E-state index in [2.05, 4.69) is 26.1 Å². The highest BCUT2D eigenvalue weighted by molar-refractivity contribution is 5.88. The first-order chi connectivity index (χ1) is 12.3. The summed E-state index contributed by atoms with van der Waals surface area (Å²) in [6.07, 6.45) is 2.41. The molecule has 0 fully saturated rings. The molecule has 1 aliphatic heterocycles. The number of nitrogen functional groups attached to an aromatic ring is 1. The molecule has 1 aromatic heterocycles. The Bertz CT molecular complexity index is 939. The summed E-state index contributed by atoms with van der Waals surface area (Å²) < 4.78 is 0. The molecule has 1 aromatic carbocycles. The van der Waals surface area contributed by atoms with Crippen molar-refractivity contribution in [2.75, 3.05) is 10.7 Å². The molecule has 0 spiro atoms. The molecule has 3 rings (SSSR count). The Morgan fingerprint density at radius 2 is 1.96 bits per heavy atom. The summed E-state index contributed by atoms with van der Waals surface area (Å²) in [5.41, 5.74) is 7.50. The number of rotatable bonds is 3. The first-order valence-corrected chi connectivity index (χ1v) is 8.05. The monoisotopic (exact) mass is 349 g/mol. The number of nitrogens with two attached hydrogens (primary N) is 1. The van der Waals surface area contributed by atoms with E-state index in [4.69, 9.17) is 5.73 Å². The number of phenols is 1. The fraction of sp³-hybridized carbons (Fsp3) is 0.278. The lowest BCUT2D eigenvalue weighted by atomic mass is 9.99. The van der Waals surface area contributed by atoms with Gasteiger partial charge in [0.15, 0.2) is 5.82 Å². The number of hydrogen-bond donors (Lipinski definition) is 2. The smallest absolute Gasteiger partial charge is 0.252 e. The molecule has 3 N–H and O–H groups in total. The van der Waals surface area contributed by atoms with E-state index in [9.17, 15) is 10.4 Å². The molecular formula is C18H19N7O. The third kappa shape index (κ3) is 3.47. The number of nitrogens with zero attached hydrogens (tertiary/aromatic N) is 6. The third-order valence-corrected chi connectivity index (χ3v) is 3.93. The van der Waals surface area contributed by atoms with Gasteiger partial charge in [0.05, 0.1) is 11.1 Å². The normalized spacial score (nSPS) is 16.3. The van der Waals surface area contributed by atoms with E-state index in [1.54, 1.807) is 23.2 Å². The zero-order valence-electron chi connectivity index (χ0n) is 14.8. The number of phenolic OH excluding ortho intramolecular Hbond substituents is 1. The second-order valence-electron chi connectivity index (χ2n) is 6.71. The first-order valence-electron chi connectivity index (χ1n) is 8.05. The minimum atomic E-state index is -0.289. The second-order valence-corrected chi connectivity index (χ2v) is 6.71.